The van der Waals surface area contributed by atoms with Gasteiger partial charge in [0.25, 0.3) is 0 Å². The largest absolute Gasteiger partial charge is 0.394 e. The number of amides is 1. The van der Waals surface area contributed by atoms with E-state index in [9.17, 15) is 35.4 Å². The summed E-state index contributed by atoms with van der Waals surface area (Å²) >= 11 is 0. The number of aliphatic hydroxyl groups excluding tert-OH is 6. The number of carbonyl (C=O) groups excluding carboxylic acids is 1. The van der Waals surface area contributed by atoms with Crippen molar-refractivity contribution in [3.63, 3.8) is 0 Å². The number of carbonyl (C=O) groups is 1. The molecule has 1 amide bonds. The van der Waals surface area contributed by atoms with Gasteiger partial charge >= 0.3 is 0 Å². The number of nitrogens with one attached hydrogen (secondary N) is 1. The van der Waals surface area contributed by atoms with E-state index in [-0.39, 0.29) is 13.0 Å². The van der Waals surface area contributed by atoms with Gasteiger partial charge in [0.05, 0.1) is 25.4 Å². The van der Waals surface area contributed by atoms with E-state index in [1.54, 1.807) is 6.08 Å². The van der Waals surface area contributed by atoms with Gasteiger partial charge < -0.3 is 45.4 Å². The van der Waals surface area contributed by atoms with Crippen LogP contribution >= 0.6 is 0 Å². The summed E-state index contributed by atoms with van der Waals surface area (Å²) < 4.78 is 11.1. The second-order valence-electron chi connectivity index (χ2n) is 14.2. The molecular formula is C40H75NO9. The summed E-state index contributed by atoms with van der Waals surface area (Å²) in [7, 11) is 0. The third-order valence-electron chi connectivity index (χ3n) is 9.63. The molecule has 1 aliphatic heterocycles. The van der Waals surface area contributed by atoms with E-state index in [4.69, 9.17) is 9.47 Å². The summed E-state index contributed by atoms with van der Waals surface area (Å²) in [5, 5.41) is 64.3. The van der Waals surface area contributed by atoms with Crippen molar-refractivity contribution in [1.29, 1.82) is 0 Å². The van der Waals surface area contributed by atoms with Gasteiger partial charge in [0.2, 0.25) is 5.91 Å². The molecule has 0 unspecified atom stereocenters. The molecule has 1 saturated heterocycles. The van der Waals surface area contributed by atoms with Crippen LogP contribution < -0.4 is 5.32 Å². The Morgan fingerprint density at radius 3 is 1.68 bits per heavy atom. The SMILES string of the molecule is CCCCCCC/C=C\CCCC[C@@H](O)C(=O)N[C@@H](CO[C@H]1O[C@H](CO)[C@@H](O)[C@H](O)[C@H]1O)[C@H](O)/C=C/CCCCCCCCCCCCCC. The van der Waals surface area contributed by atoms with Crippen molar-refractivity contribution in [2.75, 3.05) is 13.2 Å². The van der Waals surface area contributed by atoms with E-state index in [1.807, 2.05) is 6.08 Å². The Morgan fingerprint density at radius 2 is 1.16 bits per heavy atom. The van der Waals surface area contributed by atoms with E-state index in [0.29, 0.717) is 6.42 Å². The fraction of sp³-hybridized carbons (Fsp3) is 0.875. The van der Waals surface area contributed by atoms with Gasteiger partial charge in [0, 0.05) is 0 Å². The number of allylic oxidation sites excluding steroid dienone is 3. The van der Waals surface area contributed by atoms with Crippen LogP contribution in [0.3, 0.4) is 0 Å². The van der Waals surface area contributed by atoms with E-state index in [0.717, 1.165) is 38.5 Å². The lowest BCUT2D eigenvalue weighted by Crippen LogP contribution is -2.60. The first-order valence-corrected chi connectivity index (χ1v) is 20.2. The van der Waals surface area contributed by atoms with Crippen LogP contribution in [0.15, 0.2) is 24.3 Å². The lowest BCUT2D eigenvalue weighted by Gasteiger charge is -2.40. The van der Waals surface area contributed by atoms with Crippen LogP contribution in [0.4, 0.5) is 0 Å². The fourth-order valence-electron chi connectivity index (χ4n) is 6.21. The first kappa shape index (κ1) is 46.7. The normalized spacial score (nSPS) is 23.1. The van der Waals surface area contributed by atoms with Crippen LogP contribution in [-0.2, 0) is 14.3 Å². The fourth-order valence-corrected chi connectivity index (χ4v) is 6.21. The summed E-state index contributed by atoms with van der Waals surface area (Å²) in [5.41, 5.74) is 0. The van der Waals surface area contributed by atoms with Crippen molar-refractivity contribution >= 4 is 5.91 Å². The average Bonchev–Trinajstić information content (AvgIpc) is 3.11. The second kappa shape index (κ2) is 31.2. The molecule has 0 aromatic carbocycles. The minimum atomic E-state index is -1.61. The van der Waals surface area contributed by atoms with Crippen LogP contribution in [0, 0.1) is 0 Å². The molecule has 8 atom stereocenters. The molecular weight excluding hydrogens is 638 g/mol. The third-order valence-corrected chi connectivity index (χ3v) is 9.63. The maximum atomic E-state index is 12.9. The number of rotatable bonds is 32. The van der Waals surface area contributed by atoms with E-state index in [2.05, 4.69) is 31.3 Å². The first-order chi connectivity index (χ1) is 24.3. The van der Waals surface area contributed by atoms with Gasteiger partial charge in [-0.3, -0.25) is 4.79 Å². The molecule has 7 N–H and O–H groups in total. The Labute approximate surface area is 303 Å². The van der Waals surface area contributed by atoms with Crippen molar-refractivity contribution in [3.8, 4) is 0 Å². The number of aliphatic hydroxyl groups is 6. The van der Waals surface area contributed by atoms with Gasteiger partial charge in [-0.25, -0.2) is 0 Å². The molecule has 0 spiro atoms. The van der Waals surface area contributed by atoms with Crippen LogP contribution in [0.5, 0.6) is 0 Å². The molecule has 10 heteroatoms. The molecule has 0 aliphatic carbocycles. The molecule has 0 saturated carbocycles. The molecule has 1 aliphatic rings. The molecule has 1 heterocycles. The summed E-state index contributed by atoms with van der Waals surface area (Å²) in [6.45, 7) is 3.54. The Balaban J connectivity index is 2.53. The molecule has 50 heavy (non-hydrogen) atoms. The molecule has 0 aromatic rings. The van der Waals surface area contributed by atoms with Gasteiger partial charge in [0.15, 0.2) is 6.29 Å². The number of hydrogen-bond acceptors (Lipinski definition) is 9. The van der Waals surface area contributed by atoms with Gasteiger partial charge in [0.1, 0.15) is 30.5 Å². The van der Waals surface area contributed by atoms with E-state index >= 15 is 0 Å². The Hall–Kier alpha value is -1.37. The third kappa shape index (κ3) is 21.9. The van der Waals surface area contributed by atoms with Gasteiger partial charge in [-0.15, -0.1) is 0 Å². The first-order valence-electron chi connectivity index (χ1n) is 20.2. The maximum absolute atomic E-state index is 12.9. The highest BCUT2D eigenvalue weighted by Gasteiger charge is 2.44. The maximum Gasteiger partial charge on any atom is 0.249 e. The zero-order valence-corrected chi connectivity index (χ0v) is 31.5. The summed E-state index contributed by atoms with van der Waals surface area (Å²) in [6.07, 6.45) is 24.1. The smallest absolute Gasteiger partial charge is 0.249 e. The Morgan fingerprint density at radius 1 is 0.680 bits per heavy atom. The van der Waals surface area contributed by atoms with Crippen molar-refractivity contribution < 1.29 is 44.9 Å². The summed E-state index contributed by atoms with van der Waals surface area (Å²) in [4.78, 5) is 12.9. The van der Waals surface area contributed by atoms with Crippen molar-refractivity contribution in [2.24, 2.45) is 0 Å². The van der Waals surface area contributed by atoms with Gasteiger partial charge in [-0.2, -0.15) is 0 Å². The highest BCUT2D eigenvalue weighted by molar-refractivity contribution is 5.80. The molecule has 1 fully saturated rings. The van der Waals surface area contributed by atoms with Crippen molar-refractivity contribution in [1.82, 2.24) is 5.32 Å². The average molecular weight is 714 g/mol. The van der Waals surface area contributed by atoms with E-state index < -0.39 is 61.5 Å². The highest BCUT2D eigenvalue weighted by atomic mass is 16.7. The molecule has 294 valence electrons. The number of unbranched alkanes of at least 4 members (excludes halogenated alkanes) is 19. The van der Waals surface area contributed by atoms with Crippen LogP contribution in [0.2, 0.25) is 0 Å². The molecule has 0 bridgehead atoms. The number of hydrogen-bond donors (Lipinski definition) is 7. The topological polar surface area (TPSA) is 169 Å². The minimum absolute atomic E-state index is 0.280. The van der Waals surface area contributed by atoms with Crippen molar-refractivity contribution in [3.05, 3.63) is 24.3 Å². The second-order valence-corrected chi connectivity index (χ2v) is 14.2. The zero-order chi connectivity index (χ0) is 36.8. The molecule has 0 radical (unpaired) electrons. The standard InChI is InChI=1S/C40H75NO9/c1-3-5-7-9-11-13-15-16-17-19-20-22-24-26-28-33(43)32(31-49-40-38(47)37(46)36(45)35(30-42)50-40)41-39(48)34(44)29-27-25-23-21-18-14-12-10-8-6-4-2/h18,21,26,28,32-38,40,42-47H,3-17,19-20,22-25,27,29-31H2,1-2H3,(H,41,48)/b21-18-,28-26+/t32-,33+,34+,35+,36+,37-,38+,40-/m0/s1. The monoisotopic (exact) mass is 714 g/mol. The van der Waals surface area contributed by atoms with Gasteiger partial charge in [-0.05, 0) is 44.9 Å². The van der Waals surface area contributed by atoms with E-state index in [1.165, 1.54) is 96.3 Å². The quantitative estimate of drug-likeness (QED) is 0.0320. The van der Waals surface area contributed by atoms with Crippen LogP contribution in [-0.4, -0.2) is 98.7 Å². The molecule has 10 nitrogen and oxygen atoms in total. The lowest BCUT2D eigenvalue weighted by molar-refractivity contribution is -0.302. The predicted molar refractivity (Wildman–Crippen MR) is 199 cm³/mol. The Kier molecular flexibility index (Phi) is 29.1. The minimum Gasteiger partial charge on any atom is -0.394 e. The van der Waals surface area contributed by atoms with Crippen molar-refractivity contribution in [2.45, 2.75) is 210 Å². The zero-order valence-electron chi connectivity index (χ0n) is 31.5. The van der Waals surface area contributed by atoms with Crippen LogP contribution in [0.1, 0.15) is 162 Å². The molecule has 1 rings (SSSR count). The highest BCUT2D eigenvalue weighted by Crippen LogP contribution is 2.22. The van der Waals surface area contributed by atoms with Gasteiger partial charge in [-0.1, -0.05) is 141 Å². The predicted octanol–water partition coefficient (Wildman–Crippen LogP) is 6.13. The van der Waals surface area contributed by atoms with Crippen LogP contribution in [0.25, 0.3) is 0 Å². The lowest BCUT2D eigenvalue weighted by atomic mass is 9.99. The summed E-state index contributed by atoms with van der Waals surface area (Å²) in [5.74, 6) is -0.636. The number of ether oxygens (including phenoxy) is 2. The molecule has 0 aromatic heterocycles. The summed E-state index contributed by atoms with van der Waals surface area (Å²) in [6, 6.07) is -0.983. The Bertz CT molecular complexity index is 855.